The van der Waals surface area contributed by atoms with Crippen molar-refractivity contribution in [2.24, 2.45) is 0 Å². The van der Waals surface area contributed by atoms with E-state index in [9.17, 15) is 9.59 Å². The van der Waals surface area contributed by atoms with Crippen molar-refractivity contribution >= 4 is 23.2 Å². The molecule has 2 amide bonds. The van der Waals surface area contributed by atoms with E-state index in [4.69, 9.17) is 9.47 Å². The highest BCUT2D eigenvalue weighted by Crippen LogP contribution is 2.24. The van der Waals surface area contributed by atoms with E-state index in [-0.39, 0.29) is 0 Å². The van der Waals surface area contributed by atoms with Gasteiger partial charge in [0.2, 0.25) is 11.8 Å². The molecule has 8 nitrogen and oxygen atoms in total. The van der Waals surface area contributed by atoms with Gasteiger partial charge in [-0.3, -0.25) is 9.59 Å². The van der Waals surface area contributed by atoms with E-state index >= 15 is 0 Å². The molecule has 0 aliphatic rings. The molecule has 0 spiro atoms. The minimum atomic E-state index is -0.823. The zero-order valence-corrected chi connectivity index (χ0v) is 16.8. The highest BCUT2D eigenvalue weighted by molar-refractivity contribution is 6.43. The van der Waals surface area contributed by atoms with Gasteiger partial charge in [-0.2, -0.15) is 0 Å². The van der Waals surface area contributed by atoms with Crippen LogP contribution in [0, 0.1) is 0 Å². The number of aromatic nitrogens is 2. The van der Waals surface area contributed by atoms with E-state index in [1.54, 1.807) is 97.3 Å². The third-order valence-corrected chi connectivity index (χ3v) is 4.11. The number of rotatable bonds is 6. The minimum absolute atomic E-state index is 0.408. The molecule has 2 aromatic heterocycles. The van der Waals surface area contributed by atoms with Crippen LogP contribution in [-0.2, 0) is 9.59 Å². The van der Waals surface area contributed by atoms with Gasteiger partial charge in [0.25, 0.3) is 0 Å². The maximum atomic E-state index is 12.3. The second-order valence-corrected chi connectivity index (χ2v) is 6.50. The van der Waals surface area contributed by atoms with Crippen molar-refractivity contribution in [1.29, 1.82) is 0 Å². The number of carbonyl (C=O) groups is 2. The van der Waals surface area contributed by atoms with Crippen molar-refractivity contribution in [3.63, 3.8) is 0 Å². The molecule has 2 N–H and O–H groups in total. The van der Waals surface area contributed by atoms with Gasteiger partial charge in [-0.25, -0.2) is 9.97 Å². The molecule has 0 atom stereocenters. The number of carbonyl (C=O) groups excluding carboxylic acids is 2. The van der Waals surface area contributed by atoms with Gasteiger partial charge in [-0.15, -0.1) is 0 Å². The Hall–Kier alpha value is -4.72. The Kier molecular flexibility index (Phi) is 6.33. The van der Waals surface area contributed by atoms with Gasteiger partial charge >= 0.3 is 11.8 Å². The SMILES string of the molecule is O=C(Nc1cccc(Oc2ccccn2)c1)C(=O)Nc1cccc(Oc2ccccn2)c1. The molecule has 0 aliphatic heterocycles. The molecule has 0 bridgehead atoms. The molecule has 2 heterocycles. The van der Waals surface area contributed by atoms with Crippen molar-refractivity contribution < 1.29 is 19.1 Å². The zero-order valence-electron chi connectivity index (χ0n) is 16.8. The molecule has 4 aromatic rings. The van der Waals surface area contributed by atoms with E-state index in [2.05, 4.69) is 20.6 Å². The van der Waals surface area contributed by atoms with E-state index in [0.29, 0.717) is 34.6 Å². The molecular weight excluding hydrogens is 408 g/mol. The minimum Gasteiger partial charge on any atom is -0.439 e. The Morgan fingerprint density at radius 1 is 0.594 bits per heavy atom. The van der Waals surface area contributed by atoms with Gasteiger partial charge in [0.15, 0.2) is 0 Å². The third kappa shape index (κ3) is 5.67. The quantitative estimate of drug-likeness (QED) is 0.436. The molecule has 0 saturated carbocycles. The Bertz CT molecular complexity index is 1120. The van der Waals surface area contributed by atoms with Crippen molar-refractivity contribution in [3.05, 3.63) is 97.3 Å². The molecule has 32 heavy (non-hydrogen) atoms. The standard InChI is InChI=1S/C24H18N4O4/c29-23(27-17-7-5-9-19(15-17)31-21-11-1-3-13-25-21)24(30)28-18-8-6-10-20(16-18)32-22-12-2-4-14-26-22/h1-16H,(H,27,29)(H,28,30). The van der Waals surface area contributed by atoms with E-state index in [1.807, 2.05) is 0 Å². The smallest absolute Gasteiger partial charge is 0.314 e. The predicted molar refractivity (Wildman–Crippen MR) is 119 cm³/mol. The van der Waals surface area contributed by atoms with Crippen LogP contribution in [0.2, 0.25) is 0 Å². The van der Waals surface area contributed by atoms with Crippen molar-refractivity contribution in [1.82, 2.24) is 9.97 Å². The Morgan fingerprint density at radius 2 is 1.06 bits per heavy atom. The third-order valence-electron chi connectivity index (χ3n) is 4.11. The van der Waals surface area contributed by atoms with Gasteiger partial charge in [-0.05, 0) is 36.4 Å². The molecule has 8 heteroatoms. The van der Waals surface area contributed by atoms with Crippen molar-refractivity contribution in [2.75, 3.05) is 10.6 Å². The van der Waals surface area contributed by atoms with Crippen LogP contribution in [0.4, 0.5) is 11.4 Å². The fourth-order valence-corrected chi connectivity index (χ4v) is 2.71. The number of nitrogens with zero attached hydrogens (tertiary/aromatic N) is 2. The van der Waals surface area contributed by atoms with Gasteiger partial charge in [0.1, 0.15) is 11.5 Å². The van der Waals surface area contributed by atoms with Crippen molar-refractivity contribution in [3.8, 4) is 23.3 Å². The van der Waals surface area contributed by atoms with Crippen LogP contribution in [0.25, 0.3) is 0 Å². The normalized spacial score (nSPS) is 10.1. The average molecular weight is 426 g/mol. The van der Waals surface area contributed by atoms with Crippen LogP contribution >= 0.6 is 0 Å². The van der Waals surface area contributed by atoms with Gasteiger partial charge in [0, 0.05) is 48.0 Å². The molecule has 2 aromatic carbocycles. The van der Waals surface area contributed by atoms with Crippen LogP contribution < -0.4 is 20.1 Å². The number of ether oxygens (including phenoxy) is 2. The molecular formula is C24H18N4O4. The number of benzene rings is 2. The summed E-state index contributed by atoms with van der Waals surface area (Å²) in [4.78, 5) is 32.9. The molecule has 0 aliphatic carbocycles. The summed E-state index contributed by atoms with van der Waals surface area (Å²) in [5, 5.41) is 5.10. The number of pyridine rings is 2. The lowest BCUT2D eigenvalue weighted by atomic mass is 10.3. The van der Waals surface area contributed by atoms with Crippen LogP contribution in [0.15, 0.2) is 97.3 Å². The van der Waals surface area contributed by atoms with E-state index in [1.165, 1.54) is 0 Å². The van der Waals surface area contributed by atoms with Gasteiger partial charge in [0.05, 0.1) is 0 Å². The number of nitrogens with one attached hydrogen (secondary N) is 2. The predicted octanol–water partition coefficient (Wildman–Crippen LogP) is 4.64. The van der Waals surface area contributed by atoms with E-state index in [0.717, 1.165) is 0 Å². The highest BCUT2D eigenvalue weighted by Gasteiger charge is 2.15. The molecule has 0 saturated heterocycles. The second-order valence-electron chi connectivity index (χ2n) is 6.50. The summed E-state index contributed by atoms with van der Waals surface area (Å²) in [5.41, 5.74) is 0.816. The second kappa shape index (κ2) is 9.86. The fourth-order valence-electron chi connectivity index (χ4n) is 2.71. The van der Waals surface area contributed by atoms with E-state index < -0.39 is 11.8 Å². The summed E-state index contributed by atoms with van der Waals surface area (Å²) in [6, 6.07) is 23.9. The lowest BCUT2D eigenvalue weighted by molar-refractivity contribution is -0.132. The first-order valence-corrected chi connectivity index (χ1v) is 9.66. The molecule has 158 valence electrons. The van der Waals surface area contributed by atoms with Crippen LogP contribution in [0.3, 0.4) is 0 Å². The topological polar surface area (TPSA) is 102 Å². The lowest BCUT2D eigenvalue weighted by Gasteiger charge is -2.10. The van der Waals surface area contributed by atoms with Crippen LogP contribution in [0.5, 0.6) is 23.3 Å². The Morgan fingerprint density at radius 3 is 1.47 bits per heavy atom. The summed E-state index contributed by atoms with van der Waals surface area (Å²) in [7, 11) is 0. The number of anilines is 2. The van der Waals surface area contributed by atoms with Crippen molar-refractivity contribution in [2.45, 2.75) is 0 Å². The summed E-state index contributed by atoms with van der Waals surface area (Å²) in [6.07, 6.45) is 3.23. The largest absolute Gasteiger partial charge is 0.439 e. The first-order chi connectivity index (χ1) is 15.7. The monoisotopic (exact) mass is 426 g/mol. The van der Waals surface area contributed by atoms with Gasteiger partial charge < -0.3 is 20.1 Å². The Balaban J connectivity index is 1.37. The summed E-state index contributed by atoms with van der Waals surface area (Å²) >= 11 is 0. The lowest BCUT2D eigenvalue weighted by Crippen LogP contribution is -2.29. The Labute approximate surface area is 183 Å². The molecule has 0 fully saturated rings. The van der Waals surface area contributed by atoms with Crippen LogP contribution in [-0.4, -0.2) is 21.8 Å². The number of amides is 2. The first kappa shape index (κ1) is 20.5. The zero-order chi connectivity index (χ0) is 22.2. The molecule has 0 unspecified atom stereocenters. The summed E-state index contributed by atoms with van der Waals surface area (Å²) < 4.78 is 11.3. The maximum absolute atomic E-state index is 12.3. The summed E-state index contributed by atoms with van der Waals surface area (Å²) in [6.45, 7) is 0. The number of hydrogen-bond donors (Lipinski definition) is 2. The first-order valence-electron chi connectivity index (χ1n) is 9.66. The fraction of sp³-hybridized carbons (Fsp3) is 0. The highest BCUT2D eigenvalue weighted by atomic mass is 16.5. The maximum Gasteiger partial charge on any atom is 0.314 e. The average Bonchev–Trinajstić information content (AvgIpc) is 2.81. The number of hydrogen-bond acceptors (Lipinski definition) is 6. The van der Waals surface area contributed by atoms with Gasteiger partial charge in [-0.1, -0.05) is 24.3 Å². The molecule has 0 radical (unpaired) electrons. The molecule has 4 rings (SSSR count). The van der Waals surface area contributed by atoms with Crippen LogP contribution in [0.1, 0.15) is 0 Å². The summed E-state index contributed by atoms with van der Waals surface area (Å²) in [5.74, 6) is 0.137.